The summed E-state index contributed by atoms with van der Waals surface area (Å²) in [7, 11) is 0. The van der Waals surface area contributed by atoms with Gasteiger partial charge >= 0.3 is 0 Å². The highest BCUT2D eigenvalue weighted by Gasteiger charge is 2.24. The molecule has 7 nitrogen and oxygen atoms in total. The fourth-order valence-corrected chi connectivity index (χ4v) is 3.02. The first-order valence-electron chi connectivity index (χ1n) is 8.39. The molecule has 1 heterocycles. The van der Waals surface area contributed by atoms with Crippen LogP contribution in [0, 0.1) is 21.7 Å². The highest BCUT2D eigenvalue weighted by Crippen LogP contribution is 2.28. The summed E-state index contributed by atoms with van der Waals surface area (Å²) in [6.07, 6.45) is 0. The van der Waals surface area contributed by atoms with Gasteiger partial charge < -0.3 is 10.2 Å². The maximum Gasteiger partial charge on any atom is 0.292 e. The van der Waals surface area contributed by atoms with Crippen LogP contribution in [0.1, 0.15) is 0 Å². The molecule has 9 heteroatoms. The Morgan fingerprint density at radius 1 is 1.11 bits per heavy atom. The average Bonchev–Trinajstić information content (AvgIpc) is 2.65. The summed E-state index contributed by atoms with van der Waals surface area (Å²) in [4.78, 5) is 26.6. The summed E-state index contributed by atoms with van der Waals surface area (Å²) >= 11 is 0. The molecule has 2 aromatic rings. The van der Waals surface area contributed by atoms with Gasteiger partial charge in [-0.05, 0) is 18.2 Å². The molecule has 2 aromatic carbocycles. The zero-order valence-corrected chi connectivity index (χ0v) is 14.4. The number of anilines is 2. The van der Waals surface area contributed by atoms with Crippen molar-refractivity contribution in [2.75, 3.05) is 42.9 Å². The Hall–Kier alpha value is -3.07. The summed E-state index contributed by atoms with van der Waals surface area (Å²) in [6, 6.07) is 9.39. The maximum atomic E-state index is 13.6. The van der Waals surface area contributed by atoms with Gasteiger partial charge in [0, 0.05) is 38.3 Å². The molecule has 0 atom stereocenters. The van der Waals surface area contributed by atoms with Crippen molar-refractivity contribution in [1.29, 1.82) is 0 Å². The second-order valence-electron chi connectivity index (χ2n) is 6.18. The second-order valence-corrected chi connectivity index (χ2v) is 6.18. The maximum absolute atomic E-state index is 13.6. The standard InChI is InChI=1S/C18H18F2N4O3/c19-13-5-6-14(20)15(11-13)21-18(25)12-22-7-9-23(10-8-22)16-3-1-2-4-17(16)24(26)27/h1-6,11H,7-10,12H2,(H,21,25). The number of halogens is 2. The minimum atomic E-state index is -0.703. The van der Waals surface area contributed by atoms with Crippen LogP contribution in [0.3, 0.4) is 0 Å². The Morgan fingerprint density at radius 2 is 1.81 bits per heavy atom. The summed E-state index contributed by atoms with van der Waals surface area (Å²) in [6.45, 7) is 2.11. The van der Waals surface area contributed by atoms with Gasteiger partial charge in [0.2, 0.25) is 5.91 Å². The number of para-hydroxylation sites is 2. The van der Waals surface area contributed by atoms with E-state index < -0.39 is 22.5 Å². The molecule has 1 fully saturated rings. The summed E-state index contributed by atoms with van der Waals surface area (Å²) in [5.74, 6) is -1.78. The zero-order chi connectivity index (χ0) is 19.4. The Bertz CT molecular complexity index is 854. The van der Waals surface area contributed by atoms with E-state index in [4.69, 9.17) is 0 Å². The monoisotopic (exact) mass is 376 g/mol. The number of carbonyl (C=O) groups excluding carboxylic acids is 1. The molecular formula is C18H18F2N4O3. The molecule has 0 aliphatic carbocycles. The summed E-state index contributed by atoms with van der Waals surface area (Å²) in [5.41, 5.74) is 0.400. The number of nitrogens with zero attached hydrogens (tertiary/aromatic N) is 3. The van der Waals surface area contributed by atoms with E-state index in [1.807, 2.05) is 9.80 Å². The fraction of sp³-hybridized carbons (Fsp3) is 0.278. The lowest BCUT2D eigenvalue weighted by Crippen LogP contribution is -2.48. The first-order chi connectivity index (χ1) is 12.9. The predicted molar refractivity (Wildman–Crippen MR) is 96.7 cm³/mol. The van der Waals surface area contributed by atoms with Crippen LogP contribution in [0.25, 0.3) is 0 Å². The van der Waals surface area contributed by atoms with Crippen molar-refractivity contribution >= 4 is 23.0 Å². The fourth-order valence-electron chi connectivity index (χ4n) is 3.02. The number of piperazine rings is 1. The molecule has 1 N–H and O–H groups in total. The molecule has 1 aliphatic heterocycles. The second kappa shape index (κ2) is 8.09. The molecule has 1 saturated heterocycles. The smallest absolute Gasteiger partial charge is 0.292 e. The predicted octanol–water partition coefficient (Wildman–Crippen LogP) is 2.63. The van der Waals surface area contributed by atoms with E-state index in [2.05, 4.69) is 5.32 Å². The Labute approximate surface area is 154 Å². The molecule has 1 aliphatic rings. The lowest BCUT2D eigenvalue weighted by atomic mass is 10.2. The Kier molecular flexibility index (Phi) is 5.60. The molecule has 27 heavy (non-hydrogen) atoms. The number of amides is 1. The van der Waals surface area contributed by atoms with Crippen LogP contribution in [0.2, 0.25) is 0 Å². The Balaban J connectivity index is 1.56. The van der Waals surface area contributed by atoms with E-state index in [-0.39, 0.29) is 17.9 Å². The van der Waals surface area contributed by atoms with Crippen molar-refractivity contribution in [3.05, 3.63) is 64.2 Å². The number of hydrogen-bond acceptors (Lipinski definition) is 5. The van der Waals surface area contributed by atoms with Gasteiger partial charge in [-0.25, -0.2) is 8.78 Å². The van der Waals surface area contributed by atoms with E-state index in [1.165, 1.54) is 6.07 Å². The van der Waals surface area contributed by atoms with Gasteiger partial charge in [-0.1, -0.05) is 12.1 Å². The number of rotatable bonds is 5. The number of nitro groups is 1. The van der Waals surface area contributed by atoms with Gasteiger partial charge in [-0.15, -0.1) is 0 Å². The number of nitro benzene ring substituents is 1. The van der Waals surface area contributed by atoms with Gasteiger partial charge in [0.15, 0.2) is 0 Å². The van der Waals surface area contributed by atoms with E-state index in [0.29, 0.717) is 31.9 Å². The molecule has 0 aromatic heterocycles. The average molecular weight is 376 g/mol. The zero-order valence-electron chi connectivity index (χ0n) is 14.4. The molecule has 3 rings (SSSR count). The van der Waals surface area contributed by atoms with Crippen LogP contribution in [0.15, 0.2) is 42.5 Å². The van der Waals surface area contributed by atoms with Crippen molar-refractivity contribution in [1.82, 2.24) is 4.90 Å². The third-order valence-corrected chi connectivity index (χ3v) is 4.36. The molecular weight excluding hydrogens is 358 g/mol. The van der Waals surface area contributed by atoms with Gasteiger partial charge in [0.1, 0.15) is 17.3 Å². The molecule has 142 valence electrons. The van der Waals surface area contributed by atoms with E-state index >= 15 is 0 Å². The number of benzene rings is 2. The van der Waals surface area contributed by atoms with Gasteiger partial charge in [0.05, 0.1) is 17.2 Å². The van der Waals surface area contributed by atoms with Crippen LogP contribution in [0.4, 0.5) is 25.8 Å². The minimum Gasteiger partial charge on any atom is -0.363 e. The first-order valence-corrected chi connectivity index (χ1v) is 8.39. The number of hydrogen-bond donors (Lipinski definition) is 1. The van der Waals surface area contributed by atoms with Crippen molar-refractivity contribution < 1.29 is 18.5 Å². The van der Waals surface area contributed by atoms with Gasteiger partial charge in [-0.2, -0.15) is 0 Å². The Morgan fingerprint density at radius 3 is 2.52 bits per heavy atom. The highest BCUT2D eigenvalue weighted by molar-refractivity contribution is 5.92. The molecule has 0 unspecified atom stereocenters. The SMILES string of the molecule is O=C(CN1CCN(c2ccccc2[N+](=O)[O-])CC1)Nc1cc(F)ccc1F. The van der Waals surface area contributed by atoms with Crippen molar-refractivity contribution in [2.45, 2.75) is 0 Å². The van der Waals surface area contributed by atoms with Crippen molar-refractivity contribution in [3.8, 4) is 0 Å². The third-order valence-electron chi connectivity index (χ3n) is 4.36. The molecule has 1 amide bonds. The van der Waals surface area contributed by atoms with Crippen molar-refractivity contribution in [3.63, 3.8) is 0 Å². The topological polar surface area (TPSA) is 78.7 Å². The van der Waals surface area contributed by atoms with Gasteiger partial charge in [-0.3, -0.25) is 19.8 Å². The lowest BCUT2D eigenvalue weighted by Gasteiger charge is -2.35. The normalized spacial score (nSPS) is 14.8. The van der Waals surface area contributed by atoms with Crippen LogP contribution in [-0.2, 0) is 4.79 Å². The number of carbonyl (C=O) groups is 1. The molecule has 0 radical (unpaired) electrons. The molecule has 0 spiro atoms. The van der Waals surface area contributed by atoms with E-state index in [1.54, 1.807) is 18.2 Å². The van der Waals surface area contributed by atoms with E-state index in [9.17, 15) is 23.7 Å². The first kappa shape index (κ1) is 18.7. The van der Waals surface area contributed by atoms with Crippen LogP contribution in [-0.4, -0.2) is 48.5 Å². The lowest BCUT2D eigenvalue weighted by molar-refractivity contribution is -0.384. The third kappa shape index (κ3) is 4.56. The van der Waals surface area contributed by atoms with Crippen LogP contribution < -0.4 is 10.2 Å². The van der Waals surface area contributed by atoms with Crippen LogP contribution in [0.5, 0.6) is 0 Å². The largest absolute Gasteiger partial charge is 0.363 e. The highest BCUT2D eigenvalue weighted by atomic mass is 19.1. The number of nitrogens with one attached hydrogen (secondary N) is 1. The van der Waals surface area contributed by atoms with Gasteiger partial charge in [0.25, 0.3) is 5.69 Å². The summed E-state index contributed by atoms with van der Waals surface area (Å²) < 4.78 is 26.8. The van der Waals surface area contributed by atoms with Crippen molar-refractivity contribution in [2.24, 2.45) is 0 Å². The summed E-state index contributed by atoms with van der Waals surface area (Å²) in [5, 5.41) is 13.5. The molecule has 0 saturated carbocycles. The van der Waals surface area contributed by atoms with Crippen LogP contribution >= 0.6 is 0 Å². The quantitative estimate of drug-likeness (QED) is 0.641. The van der Waals surface area contributed by atoms with E-state index in [0.717, 1.165) is 18.2 Å². The minimum absolute atomic E-state index is 0.0284. The molecule has 0 bridgehead atoms.